The van der Waals surface area contributed by atoms with Crippen LogP contribution in [0.4, 0.5) is 5.69 Å². The maximum Gasteiger partial charge on any atom is 0.198 e. The predicted molar refractivity (Wildman–Crippen MR) is 89.1 cm³/mol. The quantitative estimate of drug-likeness (QED) is 0.518. The first-order valence-corrected chi connectivity index (χ1v) is 6.76. The third kappa shape index (κ3) is 4.71. The minimum Gasteiger partial charge on any atom is -0.387 e. The van der Waals surface area contributed by atoms with E-state index in [1.807, 2.05) is 30.3 Å². The molecule has 0 spiro atoms. The standard InChI is InChI=1S/C16H14N4S/c17-11-13-6-8-14(9-7-13)19-16(21)20-15(18)10-12-4-2-1-3-5-12/h1-9H,10H2,(H3,18,19,20,21). The van der Waals surface area contributed by atoms with Crippen molar-refractivity contribution in [2.75, 3.05) is 5.32 Å². The van der Waals surface area contributed by atoms with E-state index in [1.54, 1.807) is 24.3 Å². The second kappa shape index (κ2) is 7.17. The maximum atomic E-state index is 8.73. The number of nitrogens with zero attached hydrogens (tertiary/aromatic N) is 2. The van der Waals surface area contributed by atoms with Crippen LogP contribution in [0, 0.1) is 11.3 Å². The summed E-state index contributed by atoms with van der Waals surface area (Å²) in [5, 5.41) is 12.0. The molecule has 0 saturated carbocycles. The summed E-state index contributed by atoms with van der Waals surface area (Å²) in [5.74, 6) is 0.451. The second-order valence-electron chi connectivity index (χ2n) is 4.38. The van der Waals surface area contributed by atoms with E-state index in [0.717, 1.165) is 11.3 Å². The van der Waals surface area contributed by atoms with Gasteiger partial charge in [0, 0.05) is 12.1 Å². The van der Waals surface area contributed by atoms with Crippen LogP contribution in [0.1, 0.15) is 11.1 Å². The van der Waals surface area contributed by atoms with Gasteiger partial charge in [0.05, 0.1) is 11.6 Å². The van der Waals surface area contributed by atoms with Crippen LogP contribution in [0.5, 0.6) is 0 Å². The lowest BCUT2D eigenvalue weighted by molar-refractivity contribution is 1.29. The summed E-state index contributed by atoms with van der Waals surface area (Å²) in [5.41, 5.74) is 8.34. The van der Waals surface area contributed by atoms with E-state index in [9.17, 15) is 0 Å². The van der Waals surface area contributed by atoms with Gasteiger partial charge in [-0.3, -0.25) is 0 Å². The van der Waals surface area contributed by atoms with E-state index >= 15 is 0 Å². The van der Waals surface area contributed by atoms with Crippen molar-refractivity contribution in [2.45, 2.75) is 6.42 Å². The van der Waals surface area contributed by atoms with Crippen LogP contribution >= 0.6 is 12.2 Å². The molecule has 2 aromatic carbocycles. The third-order valence-corrected chi connectivity index (χ3v) is 2.93. The first kappa shape index (κ1) is 14.7. The molecule has 0 heterocycles. The second-order valence-corrected chi connectivity index (χ2v) is 4.77. The Labute approximate surface area is 128 Å². The lowest BCUT2D eigenvalue weighted by Crippen LogP contribution is -2.19. The number of rotatable bonds is 3. The summed E-state index contributed by atoms with van der Waals surface area (Å²) in [7, 11) is 0. The van der Waals surface area contributed by atoms with E-state index in [4.69, 9.17) is 23.2 Å². The minimum absolute atomic E-state index is 0.299. The summed E-state index contributed by atoms with van der Waals surface area (Å²) >= 11 is 5.15. The Bertz CT molecular complexity index is 684. The van der Waals surface area contributed by atoms with E-state index in [0.29, 0.717) is 22.9 Å². The van der Waals surface area contributed by atoms with Gasteiger partial charge in [-0.15, -0.1) is 0 Å². The zero-order chi connectivity index (χ0) is 15.1. The molecule has 0 radical (unpaired) electrons. The van der Waals surface area contributed by atoms with Crippen LogP contribution in [-0.4, -0.2) is 10.9 Å². The molecule has 21 heavy (non-hydrogen) atoms. The van der Waals surface area contributed by atoms with Crippen LogP contribution < -0.4 is 11.1 Å². The van der Waals surface area contributed by atoms with Crippen LogP contribution in [-0.2, 0) is 6.42 Å². The van der Waals surface area contributed by atoms with Crippen molar-refractivity contribution in [3.05, 3.63) is 65.7 Å². The molecule has 0 aliphatic carbocycles. The fourth-order valence-corrected chi connectivity index (χ4v) is 1.99. The number of aliphatic imine (C=N–C) groups is 1. The molecule has 0 aliphatic heterocycles. The number of benzene rings is 2. The van der Waals surface area contributed by atoms with Gasteiger partial charge in [-0.25, -0.2) is 4.99 Å². The minimum atomic E-state index is 0.299. The lowest BCUT2D eigenvalue weighted by atomic mass is 10.1. The normalized spacial score (nSPS) is 10.7. The van der Waals surface area contributed by atoms with Gasteiger partial charge in [-0.2, -0.15) is 5.26 Å². The highest BCUT2D eigenvalue weighted by molar-refractivity contribution is 7.80. The monoisotopic (exact) mass is 294 g/mol. The molecule has 3 N–H and O–H groups in total. The molecule has 0 aliphatic rings. The number of amidine groups is 1. The lowest BCUT2D eigenvalue weighted by Gasteiger charge is -2.05. The molecule has 0 saturated heterocycles. The predicted octanol–water partition coefficient (Wildman–Crippen LogP) is 2.85. The van der Waals surface area contributed by atoms with Crippen molar-refractivity contribution in [3.63, 3.8) is 0 Å². The Morgan fingerprint density at radius 2 is 1.81 bits per heavy atom. The zero-order valence-corrected chi connectivity index (χ0v) is 12.1. The fraction of sp³-hybridized carbons (Fsp3) is 0.0625. The number of nitriles is 1. The molecule has 0 fully saturated rings. The molecule has 4 nitrogen and oxygen atoms in total. The van der Waals surface area contributed by atoms with E-state index in [1.165, 1.54) is 0 Å². The van der Waals surface area contributed by atoms with Gasteiger partial charge in [-0.1, -0.05) is 30.3 Å². The summed E-state index contributed by atoms with van der Waals surface area (Å²) < 4.78 is 0. The van der Waals surface area contributed by atoms with Gasteiger partial charge in [0.2, 0.25) is 0 Å². The molecule has 0 atom stereocenters. The number of anilines is 1. The molecule has 2 rings (SSSR count). The molecule has 0 bridgehead atoms. The van der Waals surface area contributed by atoms with Gasteiger partial charge < -0.3 is 11.1 Å². The highest BCUT2D eigenvalue weighted by Crippen LogP contribution is 2.09. The van der Waals surface area contributed by atoms with Crippen LogP contribution in [0.25, 0.3) is 0 Å². The average molecular weight is 294 g/mol. The number of nitrogens with one attached hydrogen (secondary N) is 1. The molecular weight excluding hydrogens is 280 g/mol. The van der Waals surface area contributed by atoms with Gasteiger partial charge in [0.15, 0.2) is 5.11 Å². The van der Waals surface area contributed by atoms with Gasteiger partial charge >= 0.3 is 0 Å². The van der Waals surface area contributed by atoms with Gasteiger partial charge in [0.1, 0.15) is 5.84 Å². The molecule has 0 amide bonds. The smallest absolute Gasteiger partial charge is 0.198 e. The van der Waals surface area contributed by atoms with E-state index in [2.05, 4.69) is 16.4 Å². The van der Waals surface area contributed by atoms with Crippen molar-refractivity contribution < 1.29 is 0 Å². The Morgan fingerprint density at radius 3 is 2.43 bits per heavy atom. The first-order valence-electron chi connectivity index (χ1n) is 6.35. The van der Waals surface area contributed by atoms with Gasteiger partial charge in [0.25, 0.3) is 0 Å². The Hall–Kier alpha value is -2.71. The zero-order valence-electron chi connectivity index (χ0n) is 11.3. The Morgan fingerprint density at radius 1 is 1.14 bits per heavy atom. The van der Waals surface area contributed by atoms with Crippen LogP contribution in [0.15, 0.2) is 59.6 Å². The van der Waals surface area contributed by atoms with Crippen molar-refractivity contribution in [3.8, 4) is 6.07 Å². The third-order valence-electron chi connectivity index (χ3n) is 2.74. The number of hydrogen-bond acceptors (Lipinski definition) is 2. The van der Waals surface area contributed by atoms with Crippen molar-refractivity contribution in [2.24, 2.45) is 10.7 Å². The van der Waals surface area contributed by atoms with Crippen molar-refractivity contribution in [1.82, 2.24) is 0 Å². The highest BCUT2D eigenvalue weighted by Gasteiger charge is 2.00. The highest BCUT2D eigenvalue weighted by atomic mass is 32.1. The first-order chi connectivity index (χ1) is 10.2. The number of thiocarbonyl (C=S) groups is 1. The number of nitrogens with two attached hydrogens (primary N) is 1. The molecule has 0 unspecified atom stereocenters. The fourth-order valence-electron chi connectivity index (χ4n) is 1.75. The molecule has 2 aromatic rings. The average Bonchev–Trinajstić information content (AvgIpc) is 2.48. The van der Waals surface area contributed by atoms with Crippen molar-refractivity contribution in [1.29, 1.82) is 5.26 Å². The molecule has 5 heteroatoms. The molecule has 0 aromatic heterocycles. The molecular formula is C16H14N4S. The maximum absolute atomic E-state index is 8.73. The van der Waals surface area contributed by atoms with Crippen LogP contribution in [0.3, 0.4) is 0 Å². The summed E-state index contributed by atoms with van der Waals surface area (Å²) in [6.07, 6.45) is 0.552. The Kier molecular flexibility index (Phi) is 5.02. The summed E-state index contributed by atoms with van der Waals surface area (Å²) in [6, 6.07) is 18.9. The topological polar surface area (TPSA) is 74.2 Å². The number of hydrogen-bond donors (Lipinski definition) is 2. The van der Waals surface area contributed by atoms with E-state index in [-0.39, 0.29) is 0 Å². The largest absolute Gasteiger partial charge is 0.387 e. The molecule has 104 valence electrons. The summed E-state index contributed by atoms with van der Waals surface area (Å²) in [4.78, 5) is 4.16. The SMILES string of the molecule is N#Cc1ccc(NC(=S)N=C(N)Cc2ccccc2)cc1. The van der Waals surface area contributed by atoms with Crippen LogP contribution in [0.2, 0.25) is 0 Å². The van der Waals surface area contributed by atoms with E-state index < -0.39 is 0 Å². The summed E-state index contributed by atoms with van der Waals surface area (Å²) in [6.45, 7) is 0. The Balaban J connectivity index is 1.96. The van der Waals surface area contributed by atoms with Gasteiger partial charge in [-0.05, 0) is 42.0 Å². The van der Waals surface area contributed by atoms with Crippen molar-refractivity contribution >= 4 is 28.9 Å².